The summed E-state index contributed by atoms with van der Waals surface area (Å²) in [4.78, 5) is 28.2. The molecule has 6 rings (SSSR count). The first-order valence-corrected chi connectivity index (χ1v) is 13.2. The van der Waals surface area contributed by atoms with Crippen molar-refractivity contribution in [2.45, 2.75) is 43.0 Å². The first-order valence-electron chi connectivity index (χ1n) is 12.4. The molecule has 0 aromatic heterocycles. The number of halogens is 2. The maximum atomic E-state index is 14.1. The summed E-state index contributed by atoms with van der Waals surface area (Å²) in [7, 11) is 1.49. The molecule has 196 valence electrons. The number of benzene rings is 3. The lowest BCUT2D eigenvalue weighted by molar-refractivity contribution is -0.534. The number of methoxy groups -OCH3 is 1. The molecule has 4 atom stereocenters. The Hall–Kier alpha value is -3.50. The SMILES string of the molecule is COc1cc([C@@H]2[C@@H]3CCCN3[C@@]3(C(=O)Nc4ccccc43)[C@@H]2[N+](=O)[O-])cc(Br)c1OCc1ccccc1F. The molecule has 8 nitrogen and oxygen atoms in total. The van der Waals surface area contributed by atoms with Gasteiger partial charge < -0.3 is 14.8 Å². The average molecular weight is 582 g/mol. The van der Waals surface area contributed by atoms with Gasteiger partial charge in [0.2, 0.25) is 0 Å². The number of fused-ring (bicyclic) bond motifs is 4. The van der Waals surface area contributed by atoms with Gasteiger partial charge in [0.25, 0.3) is 11.9 Å². The zero-order valence-corrected chi connectivity index (χ0v) is 22.1. The number of amides is 1. The van der Waals surface area contributed by atoms with Crippen LogP contribution in [-0.2, 0) is 16.9 Å². The van der Waals surface area contributed by atoms with Crippen LogP contribution in [0.2, 0.25) is 0 Å². The van der Waals surface area contributed by atoms with Gasteiger partial charge in [0.1, 0.15) is 12.4 Å². The van der Waals surface area contributed by atoms with Gasteiger partial charge in [-0.15, -0.1) is 0 Å². The molecule has 3 aliphatic heterocycles. The molecule has 10 heteroatoms. The summed E-state index contributed by atoms with van der Waals surface area (Å²) in [6.45, 7) is 0.577. The molecule has 1 amide bonds. The fourth-order valence-electron chi connectivity index (χ4n) is 6.61. The smallest absolute Gasteiger partial charge is 0.256 e. The van der Waals surface area contributed by atoms with Crippen molar-refractivity contribution >= 4 is 27.5 Å². The van der Waals surface area contributed by atoms with Crippen LogP contribution in [0.4, 0.5) is 10.1 Å². The van der Waals surface area contributed by atoms with Gasteiger partial charge in [0.15, 0.2) is 17.0 Å². The maximum Gasteiger partial charge on any atom is 0.256 e. The van der Waals surface area contributed by atoms with Crippen LogP contribution in [0, 0.1) is 15.9 Å². The van der Waals surface area contributed by atoms with Crippen molar-refractivity contribution in [1.29, 1.82) is 0 Å². The van der Waals surface area contributed by atoms with Crippen molar-refractivity contribution in [2.24, 2.45) is 0 Å². The number of para-hydroxylation sites is 1. The van der Waals surface area contributed by atoms with Crippen molar-refractivity contribution < 1.29 is 23.6 Å². The zero-order chi connectivity index (χ0) is 26.6. The number of nitrogens with one attached hydrogen (secondary N) is 1. The molecule has 1 spiro atoms. The number of carbonyl (C=O) groups is 1. The minimum Gasteiger partial charge on any atom is -0.493 e. The third-order valence-corrected chi connectivity index (χ3v) is 8.65. The van der Waals surface area contributed by atoms with E-state index >= 15 is 0 Å². The number of hydrogen-bond donors (Lipinski definition) is 1. The van der Waals surface area contributed by atoms with Crippen LogP contribution >= 0.6 is 15.9 Å². The molecule has 2 saturated heterocycles. The van der Waals surface area contributed by atoms with E-state index in [9.17, 15) is 19.3 Å². The molecular formula is C28H25BrFN3O5. The molecule has 3 heterocycles. The summed E-state index contributed by atoms with van der Waals surface area (Å²) >= 11 is 3.56. The minimum absolute atomic E-state index is 0.0155. The lowest BCUT2D eigenvalue weighted by Crippen LogP contribution is -2.55. The van der Waals surface area contributed by atoms with Crippen LogP contribution in [0.1, 0.15) is 35.4 Å². The molecule has 0 aliphatic carbocycles. The van der Waals surface area contributed by atoms with Crippen LogP contribution in [0.15, 0.2) is 65.1 Å². The van der Waals surface area contributed by atoms with Crippen molar-refractivity contribution in [2.75, 3.05) is 19.0 Å². The lowest BCUT2D eigenvalue weighted by atomic mass is 9.77. The predicted octanol–water partition coefficient (Wildman–Crippen LogP) is 5.23. The summed E-state index contributed by atoms with van der Waals surface area (Å²) in [5, 5.41) is 15.7. The Morgan fingerprint density at radius 3 is 2.74 bits per heavy atom. The zero-order valence-electron chi connectivity index (χ0n) is 20.5. The number of ether oxygens (including phenoxy) is 2. The standard InChI is InChI=1S/C28H25BrFN3O5/c1-37-23-14-17(13-19(29)25(23)38-15-16-7-2-4-9-20(16)30)24-22-11-6-12-32(22)28(26(24)33(35)36)18-8-3-5-10-21(18)31-27(28)34/h2-5,7-10,13-14,22,24,26H,6,11-12,15H2,1H3,(H,31,34)/t22-,24+,26+,28+/m0/s1. The van der Waals surface area contributed by atoms with E-state index in [-0.39, 0.29) is 29.3 Å². The van der Waals surface area contributed by atoms with Crippen molar-refractivity contribution in [3.63, 3.8) is 0 Å². The third kappa shape index (κ3) is 3.54. The molecule has 3 aromatic rings. The largest absolute Gasteiger partial charge is 0.493 e. The van der Waals surface area contributed by atoms with Crippen LogP contribution in [0.25, 0.3) is 0 Å². The summed E-state index contributed by atoms with van der Waals surface area (Å²) < 4.78 is 26.3. The Morgan fingerprint density at radius 1 is 1.21 bits per heavy atom. The molecule has 0 saturated carbocycles. The highest BCUT2D eigenvalue weighted by atomic mass is 79.9. The molecule has 0 unspecified atom stereocenters. The number of carbonyl (C=O) groups excluding carboxylic acids is 1. The molecule has 3 aliphatic rings. The van der Waals surface area contributed by atoms with E-state index < -0.39 is 17.5 Å². The summed E-state index contributed by atoms with van der Waals surface area (Å²) in [5.74, 6) is -0.562. The van der Waals surface area contributed by atoms with E-state index in [2.05, 4.69) is 21.2 Å². The lowest BCUT2D eigenvalue weighted by Gasteiger charge is -2.32. The summed E-state index contributed by atoms with van der Waals surface area (Å²) in [6, 6.07) is 15.7. The van der Waals surface area contributed by atoms with E-state index in [1.54, 1.807) is 36.4 Å². The molecule has 0 radical (unpaired) electrons. The van der Waals surface area contributed by atoms with E-state index in [0.717, 1.165) is 12.8 Å². The van der Waals surface area contributed by atoms with Gasteiger partial charge in [-0.2, -0.15) is 0 Å². The topological polar surface area (TPSA) is 93.9 Å². The van der Waals surface area contributed by atoms with Gasteiger partial charge >= 0.3 is 0 Å². The van der Waals surface area contributed by atoms with Crippen LogP contribution in [0.3, 0.4) is 0 Å². The summed E-state index contributed by atoms with van der Waals surface area (Å²) in [6.07, 6.45) is 1.57. The molecule has 3 aromatic carbocycles. The maximum absolute atomic E-state index is 14.1. The van der Waals surface area contributed by atoms with Gasteiger partial charge in [-0.1, -0.05) is 36.4 Å². The fraction of sp³-hybridized carbons (Fsp3) is 0.321. The van der Waals surface area contributed by atoms with Crippen molar-refractivity contribution in [1.82, 2.24) is 4.90 Å². The second-order valence-corrected chi connectivity index (χ2v) is 10.7. The molecule has 1 N–H and O–H groups in total. The predicted molar refractivity (Wildman–Crippen MR) is 141 cm³/mol. The molecule has 38 heavy (non-hydrogen) atoms. The Morgan fingerprint density at radius 2 is 1.97 bits per heavy atom. The van der Waals surface area contributed by atoms with Gasteiger partial charge in [-0.05, 0) is 58.6 Å². The second-order valence-electron chi connectivity index (χ2n) is 9.84. The number of rotatable bonds is 6. The van der Waals surface area contributed by atoms with Crippen molar-refractivity contribution in [3.8, 4) is 11.5 Å². The third-order valence-electron chi connectivity index (χ3n) is 8.06. The van der Waals surface area contributed by atoms with Gasteiger partial charge in [0.05, 0.1) is 17.5 Å². The van der Waals surface area contributed by atoms with E-state index in [1.807, 2.05) is 23.1 Å². The fourth-order valence-corrected chi connectivity index (χ4v) is 7.19. The van der Waals surface area contributed by atoms with Crippen LogP contribution in [0.5, 0.6) is 11.5 Å². The average Bonchev–Trinajstić information content (AvgIpc) is 3.57. The Bertz CT molecular complexity index is 1450. The van der Waals surface area contributed by atoms with Crippen molar-refractivity contribution in [3.05, 3.63) is 97.8 Å². The Kier molecular flexibility index (Phi) is 6.11. The molecule has 2 fully saturated rings. The number of anilines is 1. The number of nitrogens with zero attached hydrogens (tertiary/aromatic N) is 2. The first kappa shape index (κ1) is 24.8. The van der Waals surface area contributed by atoms with Gasteiger partial charge in [0, 0.05) is 34.3 Å². The first-order chi connectivity index (χ1) is 18.4. The molecule has 0 bridgehead atoms. The highest BCUT2D eigenvalue weighted by Crippen LogP contribution is 2.58. The highest BCUT2D eigenvalue weighted by molar-refractivity contribution is 9.10. The van der Waals surface area contributed by atoms with Gasteiger partial charge in [-0.3, -0.25) is 19.8 Å². The Labute approximate surface area is 227 Å². The minimum atomic E-state index is -1.40. The van der Waals surface area contributed by atoms with Gasteiger partial charge in [-0.25, -0.2) is 4.39 Å². The quantitative estimate of drug-likeness (QED) is 0.316. The summed E-state index contributed by atoms with van der Waals surface area (Å²) in [5.41, 5.74) is 0.943. The second kappa shape index (κ2) is 9.36. The molecular weight excluding hydrogens is 557 g/mol. The van der Waals surface area contributed by atoms with Crippen LogP contribution in [-0.4, -0.2) is 41.5 Å². The normalized spacial score (nSPS) is 25.8. The van der Waals surface area contributed by atoms with E-state index in [4.69, 9.17) is 9.47 Å². The monoisotopic (exact) mass is 581 g/mol. The number of nitro groups is 1. The highest BCUT2D eigenvalue weighted by Gasteiger charge is 2.73. The number of hydrogen-bond acceptors (Lipinski definition) is 6. The van der Waals surface area contributed by atoms with E-state index in [1.165, 1.54) is 13.2 Å². The van der Waals surface area contributed by atoms with Crippen LogP contribution < -0.4 is 14.8 Å². The van der Waals surface area contributed by atoms with E-state index in [0.29, 0.717) is 44.9 Å². The Balaban J connectivity index is 1.44.